The minimum Gasteiger partial charge on any atom is -0.338 e. The Bertz CT molecular complexity index is 501. The van der Waals surface area contributed by atoms with Crippen LogP contribution in [-0.4, -0.2) is 79.0 Å². The summed E-state index contributed by atoms with van der Waals surface area (Å²) in [4.78, 5) is 17.0. The normalized spacial score (nSPS) is 26.2. The second kappa shape index (κ2) is 7.94. The number of hydrogen-bond acceptors (Lipinski definition) is 4. The van der Waals surface area contributed by atoms with Crippen LogP contribution in [0.15, 0.2) is 0 Å². The van der Waals surface area contributed by atoms with Crippen LogP contribution in [0.5, 0.6) is 0 Å². The van der Waals surface area contributed by atoms with Gasteiger partial charge in [0.15, 0.2) is 0 Å². The van der Waals surface area contributed by atoms with Crippen molar-refractivity contribution in [2.45, 2.75) is 58.5 Å². The van der Waals surface area contributed by atoms with Crippen molar-refractivity contribution in [1.82, 2.24) is 14.1 Å². The molecule has 2 aliphatic rings. The summed E-state index contributed by atoms with van der Waals surface area (Å²) in [5, 5.41) is 0. The van der Waals surface area contributed by atoms with Gasteiger partial charge in [0.25, 0.3) is 0 Å². The molecule has 2 rings (SSSR count). The fourth-order valence-electron chi connectivity index (χ4n) is 3.66. The fourth-order valence-corrected chi connectivity index (χ4v) is 4.75. The highest BCUT2D eigenvalue weighted by Gasteiger charge is 2.34. The topological polar surface area (TPSA) is 60.9 Å². The van der Waals surface area contributed by atoms with E-state index in [9.17, 15) is 13.2 Å². The van der Waals surface area contributed by atoms with Crippen molar-refractivity contribution in [1.29, 1.82) is 0 Å². The quantitative estimate of drug-likeness (QED) is 0.749. The number of likely N-dealkylation sites (tertiary alicyclic amines) is 1. The van der Waals surface area contributed by atoms with E-state index in [0.29, 0.717) is 32.2 Å². The molecule has 0 bridgehead atoms. The Morgan fingerprint density at radius 3 is 2.30 bits per heavy atom. The molecule has 0 saturated carbocycles. The van der Waals surface area contributed by atoms with E-state index in [1.807, 2.05) is 6.92 Å². The molecule has 134 valence electrons. The van der Waals surface area contributed by atoms with Crippen LogP contribution < -0.4 is 0 Å². The smallest absolute Gasteiger partial charge is 0.239 e. The van der Waals surface area contributed by atoms with Crippen LogP contribution in [0.3, 0.4) is 0 Å². The lowest BCUT2D eigenvalue weighted by Crippen LogP contribution is -2.57. The van der Waals surface area contributed by atoms with Crippen molar-refractivity contribution in [2.75, 3.05) is 38.5 Å². The largest absolute Gasteiger partial charge is 0.338 e. The van der Waals surface area contributed by atoms with Crippen molar-refractivity contribution in [3.05, 3.63) is 0 Å². The predicted octanol–water partition coefficient (Wildman–Crippen LogP) is 1.13. The SMILES string of the molecule is CCC1CCCCN1C(=O)C(C)N1CCN(S(=O)(=O)CC)CC1. The number of carbonyl (C=O) groups is 1. The van der Waals surface area contributed by atoms with Crippen LogP contribution in [0.2, 0.25) is 0 Å². The first-order valence-electron chi connectivity index (χ1n) is 8.93. The van der Waals surface area contributed by atoms with Gasteiger partial charge in [-0.2, -0.15) is 4.31 Å². The van der Waals surface area contributed by atoms with Crippen LogP contribution in [-0.2, 0) is 14.8 Å². The van der Waals surface area contributed by atoms with Crippen LogP contribution in [0.1, 0.15) is 46.5 Å². The summed E-state index contributed by atoms with van der Waals surface area (Å²) in [6.07, 6.45) is 4.43. The summed E-state index contributed by atoms with van der Waals surface area (Å²) in [5.41, 5.74) is 0. The number of rotatable bonds is 5. The number of piperazine rings is 1. The van der Waals surface area contributed by atoms with Crippen LogP contribution in [0.25, 0.3) is 0 Å². The van der Waals surface area contributed by atoms with Crippen LogP contribution in [0, 0.1) is 0 Å². The number of piperidine rings is 1. The summed E-state index contributed by atoms with van der Waals surface area (Å²) in [6, 6.07) is 0.217. The van der Waals surface area contributed by atoms with Gasteiger partial charge in [-0.05, 0) is 39.5 Å². The highest BCUT2D eigenvalue weighted by molar-refractivity contribution is 7.89. The molecule has 0 spiro atoms. The Kier molecular flexibility index (Phi) is 6.45. The molecule has 23 heavy (non-hydrogen) atoms. The molecule has 2 unspecified atom stereocenters. The number of sulfonamides is 1. The lowest BCUT2D eigenvalue weighted by atomic mass is 9.99. The van der Waals surface area contributed by atoms with E-state index >= 15 is 0 Å². The molecule has 0 N–H and O–H groups in total. The third kappa shape index (κ3) is 4.25. The minimum absolute atomic E-state index is 0.146. The average molecular weight is 346 g/mol. The maximum Gasteiger partial charge on any atom is 0.239 e. The number of amides is 1. The summed E-state index contributed by atoms with van der Waals surface area (Å²) >= 11 is 0. The minimum atomic E-state index is -3.11. The van der Waals surface area contributed by atoms with E-state index in [1.54, 1.807) is 11.2 Å². The van der Waals surface area contributed by atoms with Gasteiger partial charge in [-0.1, -0.05) is 6.92 Å². The average Bonchev–Trinajstić information content (AvgIpc) is 2.60. The Labute approximate surface area is 140 Å². The number of nitrogens with zero attached hydrogens (tertiary/aromatic N) is 3. The third-order valence-electron chi connectivity index (χ3n) is 5.32. The second-order valence-electron chi connectivity index (χ2n) is 6.60. The van der Waals surface area contributed by atoms with E-state index in [-0.39, 0.29) is 17.7 Å². The maximum atomic E-state index is 12.9. The van der Waals surface area contributed by atoms with Gasteiger partial charge in [-0.15, -0.1) is 0 Å². The van der Waals surface area contributed by atoms with Gasteiger partial charge in [0, 0.05) is 38.8 Å². The molecule has 0 radical (unpaired) electrons. The molecule has 0 aromatic rings. The monoisotopic (exact) mass is 345 g/mol. The number of carbonyl (C=O) groups excluding carboxylic acids is 1. The fraction of sp³-hybridized carbons (Fsp3) is 0.938. The van der Waals surface area contributed by atoms with E-state index in [1.165, 1.54) is 6.42 Å². The Hall–Kier alpha value is -0.660. The highest BCUT2D eigenvalue weighted by atomic mass is 32.2. The third-order valence-corrected chi connectivity index (χ3v) is 7.20. The Morgan fingerprint density at radius 2 is 1.74 bits per heavy atom. The summed E-state index contributed by atoms with van der Waals surface area (Å²) in [5.74, 6) is 0.358. The molecular formula is C16H31N3O3S. The zero-order chi connectivity index (χ0) is 17.0. The molecule has 6 nitrogen and oxygen atoms in total. The predicted molar refractivity (Wildman–Crippen MR) is 91.7 cm³/mol. The van der Waals surface area contributed by atoms with Gasteiger partial charge in [0.05, 0.1) is 11.8 Å². The van der Waals surface area contributed by atoms with Gasteiger partial charge in [-0.25, -0.2) is 8.42 Å². The molecule has 2 aliphatic heterocycles. The summed E-state index contributed by atoms with van der Waals surface area (Å²) < 4.78 is 25.4. The molecule has 0 aromatic heterocycles. The number of hydrogen-bond donors (Lipinski definition) is 0. The standard InChI is InChI=1S/C16H31N3O3S/c1-4-15-8-6-7-9-19(15)16(20)14(3)17-10-12-18(13-11-17)23(21,22)5-2/h14-15H,4-13H2,1-3H3. The Balaban J connectivity index is 1.93. The molecule has 7 heteroatoms. The van der Waals surface area contributed by atoms with Crippen LogP contribution >= 0.6 is 0 Å². The maximum absolute atomic E-state index is 12.9. The first-order valence-corrected chi connectivity index (χ1v) is 10.5. The molecule has 2 atom stereocenters. The molecule has 2 saturated heterocycles. The van der Waals surface area contributed by atoms with Gasteiger partial charge >= 0.3 is 0 Å². The lowest BCUT2D eigenvalue weighted by molar-refractivity contribution is -0.140. The van der Waals surface area contributed by atoms with E-state index in [0.717, 1.165) is 25.8 Å². The second-order valence-corrected chi connectivity index (χ2v) is 8.86. The first-order chi connectivity index (χ1) is 10.9. The van der Waals surface area contributed by atoms with E-state index in [2.05, 4.69) is 16.7 Å². The lowest BCUT2D eigenvalue weighted by Gasteiger charge is -2.41. The highest BCUT2D eigenvalue weighted by Crippen LogP contribution is 2.22. The van der Waals surface area contributed by atoms with Crippen molar-refractivity contribution >= 4 is 15.9 Å². The van der Waals surface area contributed by atoms with Crippen molar-refractivity contribution in [2.24, 2.45) is 0 Å². The van der Waals surface area contributed by atoms with Crippen molar-refractivity contribution in [3.63, 3.8) is 0 Å². The molecular weight excluding hydrogens is 314 g/mol. The van der Waals surface area contributed by atoms with Gasteiger partial charge in [0.1, 0.15) is 0 Å². The van der Waals surface area contributed by atoms with Gasteiger partial charge in [0.2, 0.25) is 15.9 Å². The Morgan fingerprint density at radius 1 is 1.09 bits per heavy atom. The first kappa shape index (κ1) is 18.7. The zero-order valence-corrected chi connectivity index (χ0v) is 15.5. The van der Waals surface area contributed by atoms with Crippen molar-refractivity contribution < 1.29 is 13.2 Å². The molecule has 2 fully saturated rings. The van der Waals surface area contributed by atoms with Crippen LogP contribution in [0.4, 0.5) is 0 Å². The molecule has 0 aliphatic carbocycles. The molecule has 1 amide bonds. The molecule has 2 heterocycles. The summed E-state index contributed by atoms with van der Waals surface area (Å²) in [6.45, 7) is 8.91. The van der Waals surface area contributed by atoms with Gasteiger partial charge < -0.3 is 4.90 Å². The summed E-state index contributed by atoms with van der Waals surface area (Å²) in [7, 11) is -3.11. The van der Waals surface area contributed by atoms with E-state index in [4.69, 9.17) is 0 Å². The van der Waals surface area contributed by atoms with Crippen molar-refractivity contribution in [3.8, 4) is 0 Å². The van der Waals surface area contributed by atoms with Gasteiger partial charge in [-0.3, -0.25) is 9.69 Å². The molecule has 0 aromatic carbocycles. The zero-order valence-electron chi connectivity index (χ0n) is 14.7. The van der Waals surface area contributed by atoms with E-state index < -0.39 is 10.0 Å².